The molecule has 1 fully saturated rings. The fourth-order valence-electron chi connectivity index (χ4n) is 5.46. The highest BCUT2D eigenvalue weighted by molar-refractivity contribution is 5.86. The standard InChI is InChI=1S/C34H44N2O5/c1-3-13-28(23-31(38)35-30(24-37)22-27-17-9-6-10-18-27)32(39)36-34(19-11-12-20-34)25-41-33(40)29(14-4-2)21-26-15-7-5-8-16-26/h3-10,15-18,28-30,37H,1-2,11-14,19-25H2,(H,35,38)(H,36,39). The number of allylic oxidation sites excluding steroid dienone is 2. The normalized spacial score (nSPS) is 16.1. The van der Waals surface area contributed by atoms with Crippen LogP contribution in [-0.2, 0) is 32.0 Å². The third-order valence-electron chi connectivity index (χ3n) is 7.71. The maximum Gasteiger partial charge on any atom is 0.309 e. The van der Waals surface area contributed by atoms with Crippen LogP contribution in [0.1, 0.15) is 56.1 Å². The van der Waals surface area contributed by atoms with Gasteiger partial charge in [0.1, 0.15) is 6.61 Å². The number of carbonyl (C=O) groups excluding carboxylic acids is 3. The predicted octanol–water partition coefficient (Wildman–Crippen LogP) is 4.70. The molecule has 3 unspecified atom stereocenters. The van der Waals surface area contributed by atoms with Crippen molar-refractivity contribution in [1.29, 1.82) is 0 Å². The molecule has 0 saturated heterocycles. The minimum atomic E-state index is -0.658. The van der Waals surface area contributed by atoms with Gasteiger partial charge in [-0.3, -0.25) is 14.4 Å². The third-order valence-corrected chi connectivity index (χ3v) is 7.71. The van der Waals surface area contributed by atoms with Gasteiger partial charge in [-0.2, -0.15) is 0 Å². The van der Waals surface area contributed by atoms with Crippen LogP contribution in [0.5, 0.6) is 0 Å². The summed E-state index contributed by atoms with van der Waals surface area (Å²) in [5, 5.41) is 15.8. The molecule has 1 saturated carbocycles. The van der Waals surface area contributed by atoms with E-state index in [1.165, 1.54) is 0 Å². The average molecular weight is 561 g/mol. The van der Waals surface area contributed by atoms with Crippen molar-refractivity contribution in [2.45, 2.75) is 69.4 Å². The highest BCUT2D eigenvalue weighted by atomic mass is 16.5. The molecule has 2 aromatic carbocycles. The Kier molecular flexibility index (Phi) is 12.8. The first kappa shape index (κ1) is 31.8. The van der Waals surface area contributed by atoms with Gasteiger partial charge in [0.25, 0.3) is 0 Å². The van der Waals surface area contributed by atoms with Crippen molar-refractivity contribution in [3.63, 3.8) is 0 Å². The summed E-state index contributed by atoms with van der Waals surface area (Å²) in [5.41, 5.74) is 1.40. The quantitative estimate of drug-likeness (QED) is 0.192. The second-order valence-corrected chi connectivity index (χ2v) is 11.1. The van der Waals surface area contributed by atoms with Gasteiger partial charge in [0.05, 0.1) is 30.0 Å². The van der Waals surface area contributed by atoms with Crippen molar-refractivity contribution in [1.82, 2.24) is 10.6 Å². The Balaban J connectivity index is 1.59. The maximum atomic E-state index is 13.5. The molecule has 1 aliphatic carbocycles. The van der Waals surface area contributed by atoms with Crippen molar-refractivity contribution in [3.8, 4) is 0 Å². The second kappa shape index (κ2) is 16.5. The smallest absolute Gasteiger partial charge is 0.309 e. The molecule has 220 valence electrons. The number of aliphatic hydroxyl groups is 1. The van der Waals surface area contributed by atoms with Gasteiger partial charge in [0.15, 0.2) is 0 Å². The number of hydrogen-bond donors (Lipinski definition) is 3. The zero-order valence-corrected chi connectivity index (χ0v) is 23.9. The molecular weight excluding hydrogens is 516 g/mol. The van der Waals surface area contributed by atoms with Crippen LogP contribution in [0.3, 0.4) is 0 Å². The summed E-state index contributed by atoms with van der Waals surface area (Å²) in [6.07, 6.45) is 8.46. The van der Waals surface area contributed by atoms with Crippen LogP contribution in [-0.4, -0.2) is 47.7 Å². The van der Waals surface area contributed by atoms with E-state index in [1.54, 1.807) is 12.2 Å². The lowest BCUT2D eigenvalue weighted by Crippen LogP contribution is -2.53. The van der Waals surface area contributed by atoms with E-state index < -0.39 is 17.5 Å². The van der Waals surface area contributed by atoms with Gasteiger partial charge >= 0.3 is 5.97 Å². The molecule has 0 heterocycles. The van der Waals surface area contributed by atoms with Crippen LogP contribution < -0.4 is 10.6 Å². The molecule has 3 atom stereocenters. The number of esters is 1. The van der Waals surface area contributed by atoms with Crippen molar-refractivity contribution in [3.05, 3.63) is 97.1 Å². The largest absolute Gasteiger partial charge is 0.463 e. The van der Waals surface area contributed by atoms with E-state index in [0.29, 0.717) is 38.5 Å². The fourth-order valence-corrected chi connectivity index (χ4v) is 5.46. The summed E-state index contributed by atoms with van der Waals surface area (Å²) >= 11 is 0. The first-order valence-corrected chi connectivity index (χ1v) is 14.6. The number of rotatable bonds is 17. The molecule has 0 aromatic heterocycles. The van der Waals surface area contributed by atoms with Crippen LogP contribution in [0, 0.1) is 11.8 Å². The van der Waals surface area contributed by atoms with E-state index in [-0.39, 0.29) is 43.3 Å². The number of nitrogens with one attached hydrogen (secondary N) is 2. The Labute approximate surface area is 244 Å². The highest BCUT2D eigenvalue weighted by Crippen LogP contribution is 2.31. The summed E-state index contributed by atoms with van der Waals surface area (Å²) in [6.45, 7) is 7.46. The van der Waals surface area contributed by atoms with Gasteiger partial charge < -0.3 is 20.5 Å². The Hall–Kier alpha value is -3.71. The number of aliphatic hydroxyl groups excluding tert-OH is 1. The number of benzene rings is 2. The summed E-state index contributed by atoms with van der Waals surface area (Å²) in [4.78, 5) is 39.5. The molecule has 0 aliphatic heterocycles. The van der Waals surface area contributed by atoms with Gasteiger partial charge in [-0.05, 0) is 49.7 Å². The van der Waals surface area contributed by atoms with Crippen LogP contribution in [0.15, 0.2) is 86.0 Å². The zero-order valence-electron chi connectivity index (χ0n) is 23.9. The van der Waals surface area contributed by atoms with Crippen molar-refractivity contribution < 1.29 is 24.2 Å². The summed E-state index contributed by atoms with van der Waals surface area (Å²) < 4.78 is 5.83. The molecule has 0 spiro atoms. The Morgan fingerprint density at radius 2 is 1.44 bits per heavy atom. The van der Waals surface area contributed by atoms with Crippen molar-refractivity contribution >= 4 is 17.8 Å². The summed E-state index contributed by atoms with van der Waals surface area (Å²) in [5.74, 6) is -1.83. The minimum absolute atomic E-state index is 0.0303. The molecule has 2 amide bonds. The molecule has 7 nitrogen and oxygen atoms in total. The number of ether oxygens (including phenoxy) is 1. The highest BCUT2D eigenvalue weighted by Gasteiger charge is 2.39. The third kappa shape index (κ3) is 10.3. The Morgan fingerprint density at radius 3 is 2.00 bits per heavy atom. The van der Waals surface area contributed by atoms with Crippen LogP contribution in [0.25, 0.3) is 0 Å². The lowest BCUT2D eigenvalue weighted by molar-refractivity contribution is -0.151. The zero-order chi connectivity index (χ0) is 29.5. The number of amides is 2. The molecule has 0 radical (unpaired) electrons. The van der Waals surface area contributed by atoms with Gasteiger partial charge in [-0.15, -0.1) is 13.2 Å². The van der Waals surface area contributed by atoms with Crippen LogP contribution >= 0.6 is 0 Å². The predicted molar refractivity (Wildman–Crippen MR) is 161 cm³/mol. The minimum Gasteiger partial charge on any atom is -0.463 e. The topological polar surface area (TPSA) is 105 Å². The summed E-state index contributed by atoms with van der Waals surface area (Å²) in [7, 11) is 0. The van der Waals surface area contributed by atoms with E-state index in [2.05, 4.69) is 23.8 Å². The van der Waals surface area contributed by atoms with Crippen LogP contribution in [0.4, 0.5) is 0 Å². The molecule has 2 aromatic rings. The molecule has 3 N–H and O–H groups in total. The van der Waals surface area contributed by atoms with Crippen molar-refractivity contribution in [2.75, 3.05) is 13.2 Å². The Morgan fingerprint density at radius 1 is 0.878 bits per heavy atom. The first-order chi connectivity index (χ1) is 19.9. The number of hydrogen-bond acceptors (Lipinski definition) is 5. The van der Waals surface area contributed by atoms with Gasteiger partial charge in [0, 0.05) is 6.42 Å². The van der Waals surface area contributed by atoms with Gasteiger partial charge in [0.2, 0.25) is 11.8 Å². The molecule has 1 aliphatic rings. The van der Waals surface area contributed by atoms with E-state index in [9.17, 15) is 19.5 Å². The van der Waals surface area contributed by atoms with E-state index in [0.717, 1.165) is 24.0 Å². The SMILES string of the molecule is C=CCC(CC(=O)NC(CO)Cc1ccccc1)C(=O)NC1(COC(=O)C(CC=C)Cc2ccccc2)CCCC1. The van der Waals surface area contributed by atoms with Crippen LogP contribution in [0.2, 0.25) is 0 Å². The molecule has 0 bridgehead atoms. The first-order valence-electron chi connectivity index (χ1n) is 14.6. The van der Waals surface area contributed by atoms with Gasteiger partial charge in [-0.1, -0.05) is 85.7 Å². The molecule has 41 heavy (non-hydrogen) atoms. The second-order valence-electron chi connectivity index (χ2n) is 11.1. The maximum absolute atomic E-state index is 13.5. The lowest BCUT2D eigenvalue weighted by Gasteiger charge is -2.32. The van der Waals surface area contributed by atoms with E-state index in [4.69, 9.17) is 4.74 Å². The lowest BCUT2D eigenvalue weighted by atomic mass is 9.93. The monoisotopic (exact) mass is 560 g/mol. The molecule has 7 heteroatoms. The number of carbonyl (C=O) groups is 3. The van der Waals surface area contributed by atoms with E-state index >= 15 is 0 Å². The van der Waals surface area contributed by atoms with Gasteiger partial charge in [-0.25, -0.2) is 0 Å². The average Bonchev–Trinajstić information content (AvgIpc) is 3.44. The van der Waals surface area contributed by atoms with Crippen molar-refractivity contribution in [2.24, 2.45) is 11.8 Å². The molecule has 3 rings (SSSR count). The fraction of sp³-hybridized carbons (Fsp3) is 0.441. The molecular formula is C34H44N2O5. The Bertz CT molecular complexity index is 1130. The summed E-state index contributed by atoms with van der Waals surface area (Å²) in [6, 6.07) is 19.0. The van der Waals surface area contributed by atoms with E-state index in [1.807, 2.05) is 60.7 Å².